The Morgan fingerprint density at radius 2 is 1.85 bits per heavy atom. The minimum Gasteiger partial charge on any atom is -0.347 e. The Kier molecular flexibility index (Phi) is 6.50. The van der Waals surface area contributed by atoms with Gasteiger partial charge in [-0.15, -0.1) is 0 Å². The van der Waals surface area contributed by atoms with Crippen molar-refractivity contribution in [2.45, 2.75) is 44.7 Å². The molecular weight excluding hydrogens is 340 g/mol. The quantitative estimate of drug-likeness (QED) is 0.818. The number of piperazine rings is 1. The molecule has 0 aromatic heterocycles. The van der Waals surface area contributed by atoms with E-state index in [-0.39, 0.29) is 24.3 Å². The van der Waals surface area contributed by atoms with Gasteiger partial charge in [0.25, 0.3) is 0 Å². The SMILES string of the molecule is CC1(N)CCCCC1C(=O)NCC(=O)N1CCN(Cc2ccccc2)CC1. The summed E-state index contributed by atoms with van der Waals surface area (Å²) in [6, 6.07) is 10.4. The fourth-order valence-corrected chi connectivity index (χ4v) is 4.18. The molecule has 1 saturated heterocycles. The van der Waals surface area contributed by atoms with Crippen LogP contribution in [0.25, 0.3) is 0 Å². The van der Waals surface area contributed by atoms with Crippen LogP contribution in [0, 0.1) is 5.92 Å². The summed E-state index contributed by atoms with van der Waals surface area (Å²) >= 11 is 0. The van der Waals surface area contributed by atoms with Crippen molar-refractivity contribution in [3.8, 4) is 0 Å². The summed E-state index contributed by atoms with van der Waals surface area (Å²) in [5.74, 6) is -0.269. The predicted octanol–water partition coefficient (Wildman–Crippen LogP) is 1.35. The van der Waals surface area contributed by atoms with Crippen LogP contribution in [0.1, 0.15) is 38.2 Å². The van der Waals surface area contributed by atoms with Crippen molar-refractivity contribution in [1.82, 2.24) is 15.1 Å². The highest BCUT2D eigenvalue weighted by Crippen LogP contribution is 2.31. The van der Waals surface area contributed by atoms with Gasteiger partial charge in [0, 0.05) is 38.3 Å². The van der Waals surface area contributed by atoms with Crippen molar-refractivity contribution in [2.24, 2.45) is 11.7 Å². The molecule has 27 heavy (non-hydrogen) atoms. The second kappa shape index (κ2) is 8.85. The minimum atomic E-state index is -0.464. The maximum absolute atomic E-state index is 12.5. The number of rotatable bonds is 5. The number of hydrogen-bond donors (Lipinski definition) is 2. The van der Waals surface area contributed by atoms with Gasteiger partial charge in [-0.3, -0.25) is 14.5 Å². The number of nitrogens with zero attached hydrogens (tertiary/aromatic N) is 2. The Labute approximate surface area is 162 Å². The molecule has 0 radical (unpaired) electrons. The van der Waals surface area contributed by atoms with E-state index in [4.69, 9.17) is 5.73 Å². The topological polar surface area (TPSA) is 78.7 Å². The van der Waals surface area contributed by atoms with Crippen LogP contribution in [0.15, 0.2) is 30.3 Å². The molecule has 1 heterocycles. The highest BCUT2D eigenvalue weighted by atomic mass is 16.2. The zero-order valence-electron chi connectivity index (χ0n) is 16.3. The molecule has 0 bridgehead atoms. The number of hydrogen-bond acceptors (Lipinski definition) is 4. The highest BCUT2D eigenvalue weighted by molar-refractivity contribution is 5.86. The Balaban J connectivity index is 1.41. The second-order valence-corrected chi connectivity index (χ2v) is 8.16. The summed E-state index contributed by atoms with van der Waals surface area (Å²) in [5, 5.41) is 2.83. The molecule has 1 aromatic carbocycles. The van der Waals surface area contributed by atoms with Crippen LogP contribution in [-0.2, 0) is 16.1 Å². The molecule has 148 valence electrons. The van der Waals surface area contributed by atoms with Crippen molar-refractivity contribution >= 4 is 11.8 Å². The van der Waals surface area contributed by atoms with Gasteiger partial charge in [-0.05, 0) is 25.3 Å². The smallest absolute Gasteiger partial charge is 0.242 e. The molecule has 1 aliphatic heterocycles. The van der Waals surface area contributed by atoms with Crippen molar-refractivity contribution in [3.05, 3.63) is 35.9 Å². The van der Waals surface area contributed by atoms with Gasteiger partial charge in [-0.25, -0.2) is 0 Å². The molecule has 6 heteroatoms. The van der Waals surface area contributed by atoms with Gasteiger partial charge < -0.3 is 16.0 Å². The first-order chi connectivity index (χ1) is 13.0. The number of benzene rings is 1. The zero-order valence-corrected chi connectivity index (χ0v) is 16.3. The third kappa shape index (κ3) is 5.30. The van der Waals surface area contributed by atoms with Gasteiger partial charge in [0.1, 0.15) is 0 Å². The lowest BCUT2D eigenvalue weighted by Crippen LogP contribution is -2.55. The number of nitrogens with two attached hydrogens (primary N) is 1. The normalized spacial score (nSPS) is 26.6. The Morgan fingerprint density at radius 3 is 2.52 bits per heavy atom. The monoisotopic (exact) mass is 372 g/mol. The average molecular weight is 373 g/mol. The minimum absolute atomic E-state index is 0.00255. The highest BCUT2D eigenvalue weighted by Gasteiger charge is 2.37. The Bertz CT molecular complexity index is 639. The Hall–Kier alpha value is -1.92. The van der Waals surface area contributed by atoms with E-state index >= 15 is 0 Å². The lowest BCUT2D eigenvalue weighted by Gasteiger charge is -2.37. The van der Waals surface area contributed by atoms with E-state index in [2.05, 4.69) is 34.5 Å². The fraction of sp³-hybridized carbons (Fsp3) is 0.619. The lowest BCUT2D eigenvalue weighted by molar-refractivity contribution is -0.136. The van der Waals surface area contributed by atoms with Crippen LogP contribution < -0.4 is 11.1 Å². The summed E-state index contributed by atoms with van der Waals surface area (Å²) in [6.45, 7) is 6.07. The van der Waals surface area contributed by atoms with Crippen LogP contribution in [0.2, 0.25) is 0 Å². The van der Waals surface area contributed by atoms with Gasteiger partial charge in [0.2, 0.25) is 11.8 Å². The lowest BCUT2D eigenvalue weighted by atomic mass is 9.74. The largest absolute Gasteiger partial charge is 0.347 e. The van der Waals surface area contributed by atoms with Crippen LogP contribution >= 0.6 is 0 Å². The predicted molar refractivity (Wildman–Crippen MR) is 106 cm³/mol. The molecule has 3 N–H and O–H groups in total. The molecular formula is C21H32N4O2. The van der Waals surface area contributed by atoms with Crippen molar-refractivity contribution < 1.29 is 9.59 Å². The molecule has 0 spiro atoms. The molecule has 3 rings (SSSR count). The van der Waals surface area contributed by atoms with E-state index in [1.165, 1.54) is 5.56 Å². The fourth-order valence-electron chi connectivity index (χ4n) is 4.18. The van der Waals surface area contributed by atoms with Crippen LogP contribution in [0.5, 0.6) is 0 Å². The number of carbonyl (C=O) groups is 2. The molecule has 2 amide bonds. The van der Waals surface area contributed by atoms with Gasteiger partial charge in [-0.1, -0.05) is 43.2 Å². The van der Waals surface area contributed by atoms with Crippen LogP contribution in [0.4, 0.5) is 0 Å². The Morgan fingerprint density at radius 1 is 1.15 bits per heavy atom. The summed E-state index contributed by atoms with van der Waals surface area (Å²) in [5.41, 5.74) is 7.12. The van der Waals surface area contributed by atoms with Crippen molar-refractivity contribution in [3.63, 3.8) is 0 Å². The third-order valence-electron chi connectivity index (χ3n) is 5.96. The van der Waals surface area contributed by atoms with Crippen molar-refractivity contribution in [2.75, 3.05) is 32.7 Å². The van der Waals surface area contributed by atoms with Gasteiger partial charge >= 0.3 is 0 Å². The number of carbonyl (C=O) groups excluding carboxylic acids is 2. The first-order valence-corrected chi connectivity index (χ1v) is 10.1. The van der Waals surface area contributed by atoms with E-state index in [9.17, 15) is 9.59 Å². The average Bonchev–Trinajstić information content (AvgIpc) is 2.67. The molecule has 6 nitrogen and oxygen atoms in total. The van der Waals surface area contributed by atoms with E-state index in [1.807, 2.05) is 17.9 Å². The van der Waals surface area contributed by atoms with Gasteiger partial charge in [-0.2, -0.15) is 0 Å². The summed E-state index contributed by atoms with van der Waals surface area (Å²) in [7, 11) is 0. The molecule has 2 atom stereocenters. The van der Waals surface area contributed by atoms with Crippen molar-refractivity contribution in [1.29, 1.82) is 0 Å². The first-order valence-electron chi connectivity index (χ1n) is 10.1. The molecule has 1 aromatic rings. The van der Waals surface area contributed by atoms with E-state index in [0.717, 1.165) is 45.3 Å². The maximum atomic E-state index is 12.5. The standard InChI is InChI=1S/C21H32N4O2/c1-21(22)10-6-5-9-18(21)20(27)23-15-19(26)25-13-11-24(12-14-25)16-17-7-3-2-4-8-17/h2-4,7-8,18H,5-6,9-16,22H2,1H3,(H,23,27). The molecule has 2 fully saturated rings. The molecule has 2 unspecified atom stereocenters. The van der Waals surface area contributed by atoms with E-state index < -0.39 is 5.54 Å². The van der Waals surface area contributed by atoms with Gasteiger partial charge in [0.05, 0.1) is 12.5 Å². The van der Waals surface area contributed by atoms with E-state index in [0.29, 0.717) is 13.1 Å². The van der Waals surface area contributed by atoms with Gasteiger partial charge in [0.15, 0.2) is 0 Å². The third-order valence-corrected chi connectivity index (χ3v) is 5.96. The molecule has 1 saturated carbocycles. The summed E-state index contributed by atoms with van der Waals surface area (Å²) < 4.78 is 0. The van der Waals surface area contributed by atoms with Crippen LogP contribution in [0.3, 0.4) is 0 Å². The van der Waals surface area contributed by atoms with E-state index in [1.54, 1.807) is 0 Å². The second-order valence-electron chi connectivity index (χ2n) is 8.16. The summed E-state index contributed by atoms with van der Waals surface area (Å²) in [6.07, 6.45) is 3.78. The maximum Gasteiger partial charge on any atom is 0.242 e. The number of amides is 2. The molecule has 1 aliphatic carbocycles. The summed E-state index contributed by atoms with van der Waals surface area (Å²) in [4.78, 5) is 29.2. The van der Waals surface area contributed by atoms with Crippen LogP contribution in [-0.4, -0.2) is 59.9 Å². The molecule has 2 aliphatic rings. The number of nitrogens with one attached hydrogen (secondary N) is 1. The first kappa shape index (κ1) is 19.8. The zero-order chi connectivity index (χ0) is 19.3.